The molecule has 3 saturated carbocycles. The van der Waals surface area contributed by atoms with Crippen molar-refractivity contribution >= 4 is 119 Å². The summed E-state index contributed by atoms with van der Waals surface area (Å²) >= 11 is 10.3. The number of halogens is 8. The lowest BCUT2D eigenvalue weighted by Crippen LogP contribution is -2.46. The number of ether oxygens (including phenoxy) is 2. The zero-order valence-corrected chi connectivity index (χ0v) is 60.7. The van der Waals surface area contributed by atoms with E-state index in [1.54, 1.807) is 84.0 Å². The highest BCUT2D eigenvalue weighted by atomic mass is 79.9. The van der Waals surface area contributed by atoms with Crippen molar-refractivity contribution in [2.24, 2.45) is 44.2 Å². The standard InChI is InChI=1S/C23H34BrF2N3O3SSi.C20H15F2N5S.C12H12BrF2N3S.C8H4N2.H2O4S/c1-21(2,3)32-20(30)29(14-31-8-9-34(5,6)7)19-28-22(4,17-11-23(17,13-25)33-19)16-10-15(24)12-27-18(16)26;1-19(16-8-20(16,11-21)28-18(23)27-19)15-7-12(9-26-17(15)22)3-4-13-5-6-14(24-2)10-25-13;1-11(7-2-6(13)4-17-9(7)15)8-3-12(8,5-14)19-10(16)18-11;1-3-7-4-5-8(9-2)6-10-7;1-5(2,3)4/h10,12,17H,8-9,11,13-14H2,1-7H3;5-7,9-10,16H,8,11H2,1H3,(H2,23,27);2,4,8H,3,5H2,1H3,(H2,16,18);1,4-6H;(H2,1,2,3,4)/t17-,22+,23+;16-,19+,20+;8-,11+,12+;;/m000../s1. The maximum absolute atomic E-state index is 14.9. The van der Waals surface area contributed by atoms with Crippen LogP contribution in [0.25, 0.3) is 9.69 Å². The van der Waals surface area contributed by atoms with E-state index in [9.17, 15) is 31.1 Å². The van der Waals surface area contributed by atoms with E-state index < -0.39 is 98.9 Å². The Hall–Kier alpha value is -6.63. The molecule has 9 atom stereocenters. The van der Waals surface area contributed by atoms with Gasteiger partial charge in [-0.15, -0.1) is 6.42 Å². The summed E-state index contributed by atoms with van der Waals surface area (Å²) in [6.45, 7) is 29.7. The van der Waals surface area contributed by atoms with Crippen LogP contribution in [0.2, 0.25) is 25.7 Å². The molecule has 1 amide bonds. The smallest absolute Gasteiger partial charge is 0.418 e. The number of terminal acetylenes is 1. The highest BCUT2D eigenvalue weighted by Gasteiger charge is 2.69. The normalized spacial score (nSPS) is 26.1. The Balaban J connectivity index is 0.000000187. The number of pyridine rings is 5. The Morgan fingerprint density at radius 2 is 1.12 bits per heavy atom. The molecule has 0 unspecified atom stereocenters. The van der Waals surface area contributed by atoms with Gasteiger partial charge in [-0.25, -0.2) is 47.5 Å². The van der Waals surface area contributed by atoms with E-state index >= 15 is 0 Å². The van der Waals surface area contributed by atoms with Crippen LogP contribution >= 0.6 is 67.1 Å². The van der Waals surface area contributed by atoms with Crippen molar-refractivity contribution in [1.29, 1.82) is 0 Å². The quantitative estimate of drug-likeness (QED) is 0.0140. The number of alkyl halides is 3. The second-order valence-corrected chi connectivity index (χ2v) is 38.2. The predicted molar refractivity (Wildman–Crippen MR) is 370 cm³/mol. The molecule has 3 fully saturated rings. The first-order valence-corrected chi connectivity index (χ1v) is 38.2. The molecular weight excluding hydrogens is 1480 g/mol. The third-order valence-corrected chi connectivity index (χ3v) is 22.7. The van der Waals surface area contributed by atoms with Gasteiger partial charge in [-0.2, -0.15) is 21.6 Å². The van der Waals surface area contributed by atoms with Crippen LogP contribution in [0.1, 0.15) is 94.4 Å². The molecule has 6 N–H and O–H groups in total. The Bertz CT molecular complexity index is 4130. The number of rotatable bonds is 11. The Kier molecular flexibility index (Phi) is 24.2. The summed E-state index contributed by atoms with van der Waals surface area (Å²) in [6, 6.07) is 12.4. The number of thioether (sulfide) groups is 3. The van der Waals surface area contributed by atoms with Gasteiger partial charge >= 0.3 is 16.5 Å². The number of carbonyl (C=O) groups excluding carboxylic acids is 1. The lowest BCUT2D eigenvalue weighted by atomic mass is 9.86. The first-order chi connectivity index (χ1) is 44.8. The van der Waals surface area contributed by atoms with Gasteiger partial charge < -0.3 is 20.9 Å². The van der Waals surface area contributed by atoms with Gasteiger partial charge in [0, 0.05) is 94.6 Å². The maximum atomic E-state index is 14.9. The minimum atomic E-state index is -4.67. The molecule has 20 nitrogen and oxygen atoms in total. The number of amidine groups is 3. The number of aromatic nitrogens is 5. The number of hydrogen-bond donors (Lipinski definition) is 4. The molecule has 3 aliphatic carbocycles. The summed E-state index contributed by atoms with van der Waals surface area (Å²) in [5, 5.41) is 0.845. The molecule has 0 spiro atoms. The third-order valence-electron chi connectivity index (χ3n) is 16.1. The molecule has 0 aromatic carbocycles. The van der Waals surface area contributed by atoms with Gasteiger partial charge in [-0.1, -0.05) is 78.9 Å². The fourth-order valence-electron chi connectivity index (χ4n) is 10.9. The number of amides is 1. The van der Waals surface area contributed by atoms with Gasteiger partial charge in [-0.3, -0.25) is 34.1 Å². The molecule has 3 aliphatic heterocycles. The maximum Gasteiger partial charge on any atom is 0.418 e. The fourth-order valence-corrected chi connectivity index (χ4v) is 16.5. The second kappa shape index (κ2) is 30.2. The first-order valence-electron chi connectivity index (χ1n) is 29.1. The average Bonchev–Trinajstić information content (AvgIpc) is 1.55. The topological polar surface area (TPSA) is 276 Å². The summed E-state index contributed by atoms with van der Waals surface area (Å²) in [5.41, 5.74) is 11.4. The molecule has 11 rings (SSSR count). The van der Waals surface area contributed by atoms with Crippen LogP contribution in [0.15, 0.2) is 97.4 Å². The van der Waals surface area contributed by atoms with Gasteiger partial charge in [0.05, 0.1) is 44.0 Å². The lowest BCUT2D eigenvalue weighted by Gasteiger charge is -2.37. The molecular formula is C63H67Br2F6N13O7S4Si. The van der Waals surface area contributed by atoms with Crippen LogP contribution in [0.4, 0.5) is 42.5 Å². The van der Waals surface area contributed by atoms with E-state index in [2.05, 4.69) is 114 Å². The van der Waals surface area contributed by atoms with Crippen molar-refractivity contribution in [1.82, 2.24) is 29.8 Å². The molecule has 0 radical (unpaired) electrons. The van der Waals surface area contributed by atoms with Crippen LogP contribution < -0.4 is 11.5 Å². The van der Waals surface area contributed by atoms with Gasteiger partial charge in [0.15, 0.2) is 15.5 Å². The first kappa shape index (κ1) is 76.7. The van der Waals surface area contributed by atoms with Crippen LogP contribution in [-0.2, 0) is 36.5 Å². The zero-order chi connectivity index (χ0) is 71.2. The molecule has 8 heterocycles. The summed E-state index contributed by atoms with van der Waals surface area (Å²) < 4.78 is 127. The SMILES string of the molecule is CC(C)(C)OC(=O)N(COCC[Si](C)(C)C)C1=N[C@](C)(c2cc(Br)cnc2F)[C@@H]2C[C@]2(CF)S1.C[C@]1(c2cc(Br)cnc2F)N=C(N)S[C@@]2(CF)C[C@H]21.O=S(=O)(O)O.[C-]#[N+]c1ccc(C#C)nc1.[C-]#[N+]c1ccc(C#Cc2cnc(F)c([C@@]3(C)N=C(N)S[C@@]4(CF)C[C@H]43)c2)nc1. The van der Waals surface area contributed by atoms with E-state index in [0.717, 1.165) is 6.04 Å². The van der Waals surface area contributed by atoms with Gasteiger partial charge in [0.1, 0.15) is 43.7 Å². The molecule has 33 heteroatoms. The van der Waals surface area contributed by atoms with E-state index in [-0.39, 0.29) is 45.9 Å². The van der Waals surface area contributed by atoms with E-state index in [1.165, 1.54) is 71.2 Å². The van der Waals surface area contributed by atoms with Crippen LogP contribution in [0.3, 0.4) is 0 Å². The minimum absolute atomic E-state index is 0.0482. The van der Waals surface area contributed by atoms with Crippen molar-refractivity contribution in [3.8, 4) is 24.2 Å². The molecule has 6 aliphatic rings. The molecule has 0 bridgehead atoms. The van der Waals surface area contributed by atoms with Crippen molar-refractivity contribution in [2.75, 3.05) is 33.4 Å². The van der Waals surface area contributed by atoms with Crippen LogP contribution in [0, 0.1) is 72.9 Å². The Morgan fingerprint density at radius 3 is 1.52 bits per heavy atom. The predicted octanol–water partition coefficient (Wildman–Crippen LogP) is 14.1. The van der Waals surface area contributed by atoms with Crippen molar-refractivity contribution < 1.29 is 58.1 Å². The van der Waals surface area contributed by atoms with Crippen molar-refractivity contribution in [3.05, 3.63) is 157 Å². The zero-order valence-electron chi connectivity index (χ0n) is 53.3. The van der Waals surface area contributed by atoms with Gasteiger partial charge in [0.25, 0.3) is 0 Å². The summed E-state index contributed by atoms with van der Waals surface area (Å²) in [7, 11) is -6.00. The van der Waals surface area contributed by atoms with Crippen molar-refractivity contribution in [3.63, 3.8) is 0 Å². The van der Waals surface area contributed by atoms with E-state index in [1.807, 2.05) is 0 Å². The monoisotopic (exact) mass is 1550 g/mol. The number of carbonyl (C=O) groups is 1. The molecule has 0 saturated heterocycles. The molecule has 96 heavy (non-hydrogen) atoms. The lowest BCUT2D eigenvalue weighted by molar-refractivity contribution is 0.0109. The van der Waals surface area contributed by atoms with Crippen LogP contribution in [0.5, 0.6) is 0 Å². The van der Waals surface area contributed by atoms with E-state index in [4.69, 9.17) is 63.0 Å². The minimum Gasteiger partial charge on any atom is -0.443 e. The molecule has 510 valence electrons. The summed E-state index contributed by atoms with van der Waals surface area (Å²) in [4.78, 5) is 53.9. The van der Waals surface area contributed by atoms with Gasteiger partial charge in [0.2, 0.25) is 29.2 Å². The number of fused-ring (bicyclic) bond motifs is 3. The second-order valence-electron chi connectivity index (χ2n) is 25.6. The van der Waals surface area contributed by atoms with Crippen molar-refractivity contribution in [2.45, 2.75) is 123 Å². The number of aliphatic imine (C=N–C) groups is 3. The summed E-state index contributed by atoms with van der Waals surface area (Å²) in [5.74, 6) is 5.83. The summed E-state index contributed by atoms with van der Waals surface area (Å²) in [6.07, 6.45) is 13.2. The highest BCUT2D eigenvalue weighted by Crippen LogP contribution is 2.68. The molecule has 5 aromatic rings. The third kappa shape index (κ3) is 18.8. The Morgan fingerprint density at radius 1 is 0.708 bits per heavy atom. The largest absolute Gasteiger partial charge is 0.443 e. The van der Waals surface area contributed by atoms with E-state index in [0.29, 0.717) is 73.9 Å². The van der Waals surface area contributed by atoms with Crippen LogP contribution in [-0.4, -0.2) is 130 Å². The fraction of sp³-hybridized carbons (Fsp3) is 0.444. The number of nitrogens with zero attached hydrogens (tertiary/aromatic N) is 11. The number of hydrogen-bond acceptors (Lipinski definition) is 18. The molecule has 5 aromatic heterocycles. The van der Waals surface area contributed by atoms with Gasteiger partial charge in [-0.05, 0) is 135 Å². The number of nitrogens with two attached hydrogens (primary N) is 2. The average molecular weight is 1550 g/mol. The highest BCUT2D eigenvalue weighted by molar-refractivity contribution is 9.10. The Labute approximate surface area is 583 Å².